The molecule has 3 aromatic rings. The number of ether oxygens (including phenoxy) is 1. The summed E-state index contributed by atoms with van der Waals surface area (Å²) < 4.78 is 5.39. The van der Waals surface area contributed by atoms with Crippen molar-refractivity contribution in [1.82, 2.24) is 14.9 Å². The Hall–Kier alpha value is -3.41. The van der Waals surface area contributed by atoms with Gasteiger partial charge in [0.05, 0.1) is 31.6 Å². The molecular formula is C25H26N4O2. The normalized spacial score (nSPS) is 20.0. The number of amides is 1. The minimum absolute atomic E-state index is 0.178. The van der Waals surface area contributed by atoms with Gasteiger partial charge in [-0.05, 0) is 6.07 Å². The van der Waals surface area contributed by atoms with Crippen molar-refractivity contribution in [2.45, 2.75) is 6.42 Å². The van der Waals surface area contributed by atoms with Crippen molar-refractivity contribution in [2.75, 3.05) is 38.2 Å². The summed E-state index contributed by atoms with van der Waals surface area (Å²) >= 11 is 0. The lowest BCUT2D eigenvalue weighted by atomic mass is 10.0. The Morgan fingerprint density at radius 2 is 1.65 bits per heavy atom. The Morgan fingerprint density at radius 3 is 2.32 bits per heavy atom. The standard InChI is InChI=1S/C25H26N4O2/c1-31-23-10-6-5-9-19(23)11-25(30)29-16-20-14-28(15-21(20)17-29)24-13-26-22(12-27-24)18-7-3-2-4-8-18/h2-10,12-13,20-21H,11,14-17H2,1H3. The van der Waals surface area contributed by atoms with Crippen molar-refractivity contribution >= 4 is 11.7 Å². The molecule has 0 N–H and O–H groups in total. The van der Waals surface area contributed by atoms with E-state index in [0.717, 1.165) is 54.6 Å². The van der Waals surface area contributed by atoms with Gasteiger partial charge in [0.25, 0.3) is 0 Å². The molecule has 0 bridgehead atoms. The molecule has 0 spiro atoms. The van der Waals surface area contributed by atoms with E-state index in [1.807, 2.05) is 71.9 Å². The fraction of sp³-hybridized carbons (Fsp3) is 0.320. The van der Waals surface area contributed by atoms with Crippen molar-refractivity contribution in [3.63, 3.8) is 0 Å². The van der Waals surface area contributed by atoms with Gasteiger partial charge in [0.2, 0.25) is 5.91 Å². The Bertz CT molecular complexity index is 1040. The number of benzene rings is 2. The van der Waals surface area contributed by atoms with Crippen LogP contribution in [0.3, 0.4) is 0 Å². The predicted octanol–water partition coefficient (Wildman–Crippen LogP) is 3.29. The molecule has 5 rings (SSSR count). The summed E-state index contributed by atoms with van der Waals surface area (Å²) in [5.41, 5.74) is 2.91. The van der Waals surface area contributed by atoms with E-state index >= 15 is 0 Å². The molecular weight excluding hydrogens is 388 g/mol. The number of fused-ring (bicyclic) bond motifs is 1. The van der Waals surface area contributed by atoms with Gasteiger partial charge in [-0.2, -0.15) is 0 Å². The van der Waals surface area contributed by atoms with Crippen LogP contribution >= 0.6 is 0 Å². The van der Waals surface area contributed by atoms with Crippen LogP contribution in [-0.2, 0) is 11.2 Å². The van der Waals surface area contributed by atoms with Crippen molar-refractivity contribution in [3.8, 4) is 17.0 Å². The Balaban J connectivity index is 1.20. The molecule has 0 aliphatic carbocycles. The fourth-order valence-electron chi connectivity index (χ4n) is 4.75. The third-order valence-corrected chi connectivity index (χ3v) is 6.40. The van der Waals surface area contributed by atoms with E-state index < -0.39 is 0 Å². The fourth-order valence-corrected chi connectivity index (χ4v) is 4.75. The number of carbonyl (C=O) groups excluding carboxylic acids is 1. The molecule has 2 unspecified atom stereocenters. The summed E-state index contributed by atoms with van der Waals surface area (Å²) in [4.78, 5) is 26.5. The quantitative estimate of drug-likeness (QED) is 0.641. The van der Waals surface area contributed by atoms with Crippen molar-refractivity contribution < 1.29 is 9.53 Å². The summed E-state index contributed by atoms with van der Waals surface area (Å²) in [5.74, 6) is 2.84. The molecule has 1 aromatic heterocycles. The number of methoxy groups -OCH3 is 1. The highest BCUT2D eigenvalue weighted by atomic mass is 16.5. The minimum atomic E-state index is 0.178. The van der Waals surface area contributed by atoms with Crippen LogP contribution in [0.2, 0.25) is 0 Å². The third-order valence-electron chi connectivity index (χ3n) is 6.40. The first-order chi connectivity index (χ1) is 15.2. The molecule has 2 aliphatic rings. The zero-order chi connectivity index (χ0) is 21.2. The second-order valence-electron chi connectivity index (χ2n) is 8.34. The van der Waals surface area contributed by atoms with E-state index in [1.165, 1.54) is 0 Å². The van der Waals surface area contributed by atoms with Gasteiger partial charge in [-0.25, -0.2) is 4.98 Å². The number of hydrogen-bond acceptors (Lipinski definition) is 5. The summed E-state index contributed by atoms with van der Waals surface area (Å²) in [6.45, 7) is 3.46. The van der Waals surface area contributed by atoms with E-state index in [1.54, 1.807) is 7.11 Å². The maximum absolute atomic E-state index is 12.9. The number of likely N-dealkylation sites (tertiary alicyclic amines) is 1. The number of para-hydroxylation sites is 1. The van der Waals surface area contributed by atoms with Crippen LogP contribution in [0.5, 0.6) is 5.75 Å². The molecule has 6 heteroatoms. The van der Waals surface area contributed by atoms with E-state index in [0.29, 0.717) is 18.3 Å². The monoisotopic (exact) mass is 414 g/mol. The van der Waals surface area contributed by atoms with Gasteiger partial charge >= 0.3 is 0 Å². The summed E-state index contributed by atoms with van der Waals surface area (Å²) in [5, 5.41) is 0. The highest BCUT2D eigenvalue weighted by Crippen LogP contribution is 2.34. The van der Waals surface area contributed by atoms with Gasteiger partial charge in [-0.3, -0.25) is 9.78 Å². The molecule has 3 heterocycles. The molecule has 2 aliphatic heterocycles. The van der Waals surface area contributed by atoms with Crippen LogP contribution in [0, 0.1) is 11.8 Å². The lowest BCUT2D eigenvalue weighted by molar-refractivity contribution is -0.129. The molecule has 158 valence electrons. The summed E-state index contributed by atoms with van der Waals surface area (Å²) in [6.07, 6.45) is 4.11. The van der Waals surface area contributed by atoms with Gasteiger partial charge in [0.1, 0.15) is 11.6 Å². The van der Waals surface area contributed by atoms with E-state index in [9.17, 15) is 4.79 Å². The molecule has 2 saturated heterocycles. The van der Waals surface area contributed by atoms with Gasteiger partial charge in [0.15, 0.2) is 0 Å². The first-order valence-electron chi connectivity index (χ1n) is 10.7. The predicted molar refractivity (Wildman–Crippen MR) is 120 cm³/mol. The van der Waals surface area contributed by atoms with Crippen LogP contribution in [0.4, 0.5) is 5.82 Å². The smallest absolute Gasteiger partial charge is 0.227 e. The zero-order valence-corrected chi connectivity index (χ0v) is 17.6. The highest BCUT2D eigenvalue weighted by molar-refractivity contribution is 5.80. The molecule has 31 heavy (non-hydrogen) atoms. The van der Waals surface area contributed by atoms with Gasteiger partial charge in [-0.15, -0.1) is 0 Å². The van der Waals surface area contributed by atoms with Crippen molar-refractivity contribution in [3.05, 3.63) is 72.6 Å². The first kappa shape index (κ1) is 19.5. The maximum atomic E-state index is 12.9. The summed E-state index contributed by atoms with van der Waals surface area (Å²) in [7, 11) is 1.65. The number of carbonyl (C=O) groups is 1. The van der Waals surface area contributed by atoms with Gasteiger partial charge in [-0.1, -0.05) is 48.5 Å². The van der Waals surface area contributed by atoms with E-state index in [2.05, 4.69) is 14.9 Å². The molecule has 0 radical (unpaired) electrons. The van der Waals surface area contributed by atoms with Crippen LogP contribution < -0.4 is 9.64 Å². The second-order valence-corrected chi connectivity index (χ2v) is 8.34. The number of aromatic nitrogens is 2. The topological polar surface area (TPSA) is 58.6 Å². The molecule has 1 amide bonds. The molecule has 0 saturated carbocycles. The SMILES string of the molecule is COc1ccccc1CC(=O)N1CC2CN(c3cnc(-c4ccccc4)cn3)CC2C1. The number of anilines is 1. The molecule has 2 atom stereocenters. The second kappa shape index (κ2) is 8.38. The molecule has 2 fully saturated rings. The largest absolute Gasteiger partial charge is 0.496 e. The average Bonchev–Trinajstić information content (AvgIpc) is 3.40. The maximum Gasteiger partial charge on any atom is 0.227 e. The number of rotatable bonds is 5. The number of nitrogens with zero attached hydrogens (tertiary/aromatic N) is 4. The highest BCUT2D eigenvalue weighted by Gasteiger charge is 2.42. The average molecular weight is 415 g/mol. The Labute approximate surface area is 182 Å². The molecule has 2 aromatic carbocycles. The van der Waals surface area contributed by atoms with Crippen LogP contribution in [0.15, 0.2) is 67.0 Å². The third kappa shape index (κ3) is 3.98. The first-order valence-corrected chi connectivity index (χ1v) is 10.7. The van der Waals surface area contributed by atoms with Crippen molar-refractivity contribution in [2.24, 2.45) is 11.8 Å². The van der Waals surface area contributed by atoms with Crippen LogP contribution in [-0.4, -0.2) is 54.1 Å². The lowest BCUT2D eigenvalue weighted by Gasteiger charge is -2.22. The minimum Gasteiger partial charge on any atom is -0.496 e. The van der Waals surface area contributed by atoms with Gasteiger partial charge < -0.3 is 14.5 Å². The van der Waals surface area contributed by atoms with Crippen molar-refractivity contribution in [1.29, 1.82) is 0 Å². The molecule has 6 nitrogen and oxygen atoms in total. The lowest BCUT2D eigenvalue weighted by Crippen LogP contribution is -2.34. The zero-order valence-electron chi connectivity index (χ0n) is 17.6. The van der Waals surface area contributed by atoms with Gasteiger partial charge in [0, 0.05) is 49.1 Å². The van der Waals surface area contributed by atoms with E-state index in [4.69, 9.17) is 4.74 Å². The van der Waals surface area contributed by atoms with E-state index in [-0.39, 0.29) is 5.91 Å². The number of hydrogen-bond donors (Lipinski definition) is 0. The Kier molecular flexibility index (Phi) is 5.28. The van der Waals surface area contributed by atoms with Crippen LogP contribution in [0.25, 0.3) is 11.3 Å². The Morgan fingerprint density at radius 1 is 0.935 bits per heavy atom. The summed E-state index contributed by atoms with van der Waals surface area (Å²) in [6, 6.07) is 17.8. The van der Waals surface area contributed by atoms with Crippen LogP contribution in [0.1, 0.15) is 5.56 Å².